The number of aliphatic hydroxyl groups is 1. The summed E-state index contributed by atoms with van der Waals surface area (Å²) < 4.78 is 39.5. The Hall–Kier alpha value is -3.27. The number of urea groups is 1. The summed E-state index contributed by atoms with van der Waals surface area (Å²) in [7, 11) is 3.85. The summed E-state index contributed by atoms with van der Waals surface area (Å²) >= 11 is 0. The molecule has 0 fully saturated rings. The first kappa shape index (κ1) is 26.3. The summed E-state index contributed by atoms with van der Waals surface area (Å²) in [6, 6.07) is 11.6. The number of unbranched alkanes of at least 4 members (excludes halogenated alkanes) is 3. The van der Waals surface area contributed by atoms with Crippen molar-refractivity contribution in [3.63, 3.8) is 0 Å². The maximum atomic E-state index is 13.2. The van der Waals surface area contributed by atoms with Crippen molar-refractivity contribution in [1.82, 2.24) is 9.80 Å². The van der Waals surface area contributed by atoms with Crippen LogP contribution in [-0.2, 0) is 12.7 Å². The minimum Gasteiger partial charge on any atom is -0.378 e. The van der Waals surface area contributed by atoms with Crippen molar-refractivity contribution < 1.29 is 23.1 Å². The number of hydrogen-bond donors (Lipinski definition) is 2. The third kappa shape index (κ3) is 6.88. The van der Waals surface area contributed by atoms with E-state index in [9.17, 15) is 23.1 Å². The molecule has 0 aromatic heterocycles. The molecule has 1 aliphatic rings. The van der Waals surface area contributed by atoms with Crippen molar-refractivity contribution in [3.05, 3.63) is 59.7 Å². The van der Waals surface area contributed by atoms with Gasteiger partial charge in [-0.3, -0.25) is 9.80 Å². The molecule has 0 spiro atoms. The van der Waals surface area contributed by atoms with Crippen molar-refractivity contribution in [3.8, 4) is 0 Å². The normalized spacial score (nSPS) is 16.4. The summed E-state index contributed by atoms with van der Waals surface area (Å²) in [6.07, 6.45) is -2.14. The molecule has 0 aliphatic carbocycles. The van der Waals surface area contributed by atoms with Gasteiger partial charge in [0.15, 0.2) is 0 Å². The molecule has 0 bridgehead atoms. The molecule has 2 aromatic rings. The predicted molar refractivity (Wildman–Crippen MR) is 131 cm³/mol. The summed E-state index contributed by atoms with van der Waals surface area (Å²) in [5.74, 6) is -0.0108. The van der Waals surface area contributed by atoms with E-state index >= 15 is 0 Å². The molecule has 3 rings (SSSR count). The Balaban J connectivity index is 1.88. The molecule has 7 nitrogen and oxygen atoms in total. The van der Waals surface area contributed by atoms with Gasteiger partial charge < -0.3 is 15.3 Å². The Bertz CT molecular complexity index is 1020. The minimum atomic E-state index is -4.51. The zero-order valence-electron chi connectivity index (χ0n) is 20.2. The van der Waals surface area contributed by atoms with Crippen molar-refractivity contribution in [2.24, 2.45) is 4.99 Å². The van der Waals surface area contributed by atoms with Crippen LogP contribution in [0.25, 0.3) is 0 Å². The molecule has 35 heavy (non-hydrogen) atoms. The number of carbonyl (C=O) groups is 1. The Morgan fingerprint density at radius 3 is 2.40 bits per heavy atom. The lowest BCUT2D eigenvalue weighted by molar-refractivity contribution is -0.137. The largest absolute Gasteiger partial charge is 0.416 e. The molecule has 2 aromatic carbocycles. The quantitative estimate of drug-likeness (QED) is 0.464. The van der Waals surface area contributed by atoms with Gasteiger partial charge >= 0.3 is 12.2 Å². The fourth-order valence-corrected chi connectivity index (χ4v) is 3.77. The number of nitrogens with zero attached hydrogens (tertiary/aromatic N) is 4. The van der Waals surface area contributed by atoms with Gasteiger partial charge in [0.1, 0.15) is 0 Å². The van der Waals surface area contributed by atoms with Crippen LogP contribution in [0.1, 0.15) is 43.7 Å². The molecule has 1 atom stereocenters. The van der Waals surface area contributed by atoms with Gasteiger partial charge in [-0.25, -0.2) is 4.79 Å². The standard InChI is InChI=1S/C25H32F3N5O2/c1-4-5-6-7-15-32-23(34)30-22(29-20-10-8-9-19(16-20)25(26,27)28)33(24(32)35)17-18-11-13-21(14-12-18)31(2)3/h8-14,16,24,35H,4-7,15,17H2,1-3H3,(H,29,30,34). The molecule has 2 N–H and O–H groups in total. The average Bonchev–Trinajstić information content (AvgIpc) is 2.81. The van der Waals surface area contributed by atoms with Crippen LogP contribution in [0, 0.1) is 0 Å². The van der Waals surface area contributed by atoms with Gasteiger partial charge in [0.25, 0.3) is 0 Å². The third-order valence-corrected chi connectivity index (χ3v) is 5.78. The van der Waals surface area contributed by atoms with Crippen molar-refractivity contribution in [2.75, 3.05) is 30.9 Å². The molecule has 1 unspecified atom stereocenters. The molecule has 1 aliphatic heterocycles. The predicted octanol–water partition coefficient (Wildman–Crippen LogP) is 5.33. The summed E-state index contributed by atoms with van der Waals surface area (Å²) in [6.45, 7) is 2.61. The molecule has 10 heteroatoms. The average molecular weight is 492 g/mol. The van der Waals surface area contributed by atoms with Crippen LogP contribution in [0.5, 0.6) is 0 Å². The van der Waals surface area contributed by atoms with E-state index in [1.807, 2.05) is 43.3 Å². The Labute approximate surface area is 203 Å². The Morgan fingerprint density at radius 1 is 1.06 bits per heavy atom. The lowest BCUT2D eigenvalue weighted by Crippen LogP contribution is -2.58. The number of aliphatic hydroxyl groups excluding tert-OH is 1. The Kier molecular flexibility index (Phi) is 8.61. The maximum Gasteiger partial charge on any atom is 0.416 e. The van der Waals surface area contributed by atoms with E-state index in [-0.39, 0.29) is 18.2 Å². The molecule has 0 radical (unpaired) electrons. The van der Waals surface area contributed by atoms with E-state index in [1.165, 1.54) is 21.9 Å². The third-order valence-electron chi connectivity index (χ3n) is 5.78. The SMILES string of the molecule is CCCCCCN1C(=O)N=C(Nc2cccc(C(F)(F)F)c2)N(Cc2ccc(N(C)C)cc2)C1O. The smallest absolute Gasteiger partial charge is 0.378 e. The monoisotopic (exact) mass is 491 g/mol. The molecular formula is C25H32F3N5O2. The number of halogens is 3. The summed E-state index contributed by atoms with van der Waals surface area (Å²) in [5, 5.41) is 13.9. The summed E-state index contributed by atoms with van der Waals surface area (Å²) in [4.78, 5) is 21.5. The van der Waals surface area contributed by atoms with Crippen LogP contribution in [0.15, 0.2) is 53.5 Å². The second kappa shape index (κ2) is 11.4. The van der Waals surface area contributed by atoms with E-state index in [0.717, 1.165) is 42.6 Å². The van der Waals surface area contributed by atoms with Gasteiger partial charge in [-0.15, -0.1) is 0 Å². The van der Waals surface area contributed by atoms with Crippen LogP contribution >= 0.6 is 0 Å². The first-order chi connectivity index (χ1) is 16.6. The minimum absolute atomic E-state index is 0.0108. The van der Waals surface area contributed by atoms with Crippen LogP contribution < -0.4 is 10.2 Å². The van der Waals surface area contributed by atoms with Gasteiger partial charge in [0, 0.05) is 32.0 Å². The van der Waals surface area contributed by atoms with Gasteiger partial charge in [-0.2, -0.15) is 18.2 Å². The van der Waals surface area contributed by atoms with Gasteiger partial charge in [0.05, 0.1) is 12.1 Å². The molecule has 2 amide bonds. The van der Waals surface area contributed by atoms with Gasteiger partial charge in [-0.1, -0.05) is 44.4 Å². The van der Waals surface area contributed by atoms with E-state index < -0.39 is 24.1 Å². The van der Waals surface area contributed by atoms with Crippen molar-refractivity contribution in [1.29, 1.82) is 0 Å². The number of benzene rings is 2. The van der Waals surface area contributed by atoms with Crippen molar-refractivity contribution >= 4 is 23.4 Å². The lowest BCUT2D eigenvalue weighted by Gasteiger charge is -2.40. The molecule has 0 saturated heterocycles. The molecule has 0 saturated carbocycles. The Morgan fingerprint density at radius 2 is 1.77 bits per heavy atom. The van der Waals surface area contributed by atoms with E-state index in [2.05, 4.69) is 17.2 Å². The first-order valence-electron chi connectivity index (χ1n) is 11.6. The number of nitrogens with one attached hydrogen (secondary N) is 1. The number of aliphatic imine (C=N–C) groups is 1. The van der Waals surface area contributed by atoms with E-state index in [4.69, 9.17) is 0 Å². The fraction of sp³-hybridized carbons (Fsp3) is 0.440. The fourth-order valence-electron chi connectivity index (χ4n) is 3.77. The van der Waals surface area contributed by atoms with Gasteiger partial charge in [-0.05, 0) is 42.3 Å². The highest BCUT2D eigenvalue weighted by atomic mass is 19.4. The van der Waals surface area contributed by atoms with Crippen LogP contribution in [0.2, 0.25) is 0 Å². The van der Waals surface area contributed by atoms with Crippen LogP contribution in [-0.4, -0.2) is 53.9 Å². The molecular weight excluding hydrogens is 459 g/mol. The number of alkyl halides is 3. The topological polar surface area (TPSA) is 71.4 Å². The number of carbonyl (C=O) groups excluding carboxylic acids is 1. The zero-order valence-corrected chi connectivity index (χ0v) is 20.2. The highest BCUT2D eigenvalue weighted by Crippen LogP contribution is 2.31. The highest BCUT2D eigenvalue weighted by molar-refractivity contribution is 6.02. The second-order valence-corrected chi connectivity index (χ2v) is 8.71. The molecule has 1 heterocycles. The number of rotatable bonds is 9. The van der Waals surface area contributed by atoms with E-state index in [0.29, 0.717) is 13.0 Å². The van der Waals surface area contributed by atoms with Gasteiger partial charge in [0.2, 0.25) is 12.3 Å². The van der Waals surface area contributed by atoms with E-state index in [1.54, 1.807) is 0 Å². The lowest BCUT2D eigenvalue weighted by atomic mass is 10.1. The number of guanidine groups is 1. The summed E-state index contributed by atoms with van der Waals surface area (Å²) in [5.41, 5.74) is 1.13. The number of anilines is 2. The zero-order chi connectivity index (χ0) is 25.6. The number of amides is 2. The maximum absolute atomic E-state index is 13.2. The molecule has 190 valence electrons. The second-order valence-electron chi connectivity index (χ2n) is 8.71. The van der Waals surface area contributed by atoms with Crippen LogP contribution in [0.4, 0.5) is 29.3 Å². The number of hydrogen-bond acceptors (Lipinski definition) is 5. The first-order valence-corrected chi connectivity index (χ1v) is 11.6. The highest BCUT2D eigenvalue weighted by Gasteiger charge is 2.35. The van der Waals surface area contributed by atoms with Crippen LogP contribution in [0.3, 0.4) is 0 Å². The van der Waals surface area contributed by atoms with Crippen molar-refractivity contribution in [2.45, 2.75) is 51.7 Å².